The van der Waals surface area contributed by atoms with Gasteiger partial charge in [-0.25, -0.2) is 0 Å². The van der Waals surface area contributed by atoms with E-state index >= 15 is 0 Å². The molecular formula is C12H16N2O3. The average Bonchev–Trinajstić information content (AvgIpc) is 2.93. The molecule has 2 aromatic rings. The Morgan fingerprint density at radius 2 is 2.35 bits per heavy atom. The lowest BCUT2D eigenvalue weighted by atomic mass is 10.1. The van der Waals surface area contributed by atoms with Crippen LogP contribution in [0.25, 0.3) is 0 Å². The third kappa shape index (κ3) is 1.93. The van der Waals surface area contributed by atoms with Crippen molar-refractivity contribution in [2.75, 3.05) is 7.11 Å². The topological polar surface area (TPSA) is 60.4 Å². The van der Waals surface area contributed by atoms with Crippen molar-refractivity contribution in [1.82, 2.24) is 9.78 Å². The van der Waals surface area contributed by atoms with Crippen LogP contribution < -0.4 is 4.74 Å². The lowest BCUT2D eigenvalue weighted by Crippen LogP contribution is -2.10. The predicted molar refractivity (Wildman–Crippen MR) is 62.0 cm³/mol. The minimum absolute atomic E-state index is 0.583. The number of hydrogen-bond acceptors (Lipinski definition) is 4. The molecule has 1 N–H and O–H groups in total. The summed E-state index contributed by atoms with van der Waals surface area (Å²) in [6, 6.07) is 1.76. The molecule has 0 saturated heterocycles. The zero-order chi connectivity index (χ0) is 12.4. The van der Waals surface area contributed by atoms with Gasteiger partial charge in [0.15, 0.2) is 5.75 Å². The summed E-state index contributed by atoms with van der Waals surface area (Å²) in [5.41, 5.74) is 1.39. The normalized spacial score (nSPS) is 12.7. The van der Waals surface area contributed by atoms with E-state index in [9.17, 15) is 5.11 Å². The third-order valence-electron chi connectivity index (χ3n) is 2.82. The number of methoxy groups -OCH3 is 1. The summed E-state index contributed by atoms with van der Waals surface area (Å²) >= 11 is 0. The van der Waals surface area contributed by atoms with Crippen molar-refractivity contribution < 1.29 is 14.3 Å². The van der Waals surface area contributed by atoms with Gasteiger partial charge < -0.3 is 14.3 Å². The van der Waals surface area contributed by atoms with Crippen molar-refractivity contribution in [3.63, 3.8) is 0 Å². The SMILES string of the molecule is CCn1ncc(OC)c1C(O)c1ccoc1C. The van der Waals surface area contributed by atoms with Crippen LogP contribution in [-0.2, 0) is 6.54 Å². The van der Waals surface area contributed by atoms with Gasteiger partial charge in [0, 0.05) is 12.1 Å². The van der Waals surface area contributed by atoms with Crippen molar-refractivity contribution in [3.05, 3.63) is 35.5 Å². The van der Waals surface area contributed by atoms with E-state index in [4.69, 9.17) is 9.15 Å². The number of aromatic nitrogens is 2. The van der Waals surface area contributed by atoms with Crippen LogP contribution in [0.4, 0.5) is 0 Å². The Labute approximate surface area is 99.6 Å². The van der Waals surface area contributed by atoms with E-state index in [1.54, 1.807) is 30.3 Å². The number of aliphatic hydroxyl groups excluding tert-OH is 1. The largest absolute Gasteiger partial charge is 0.493 e. The maximum Gasteiger partial charge on any atom is 0.163 e. The first-order valence-electron chi connectivity index (χ1n) is 5.50. The summed E-state index contributed by atoms with van der Waals surface area (Å²) in [7, 11) is 1.56. The highest BCUT2D eigenvalue weighted by atomic mass is 16.5. The molecule has 2 heterocycles. The van der Waals surface area contributed by atoms with Gasteiger partial charge >= 0.3 is 0 Å². The van der Waals surface area contributed by atoms with E-state index in [-0.39, 0.29) is 0 Å². The number of rotatable bonds is 4. The molecule has 0 bridgehead atoms. The van der Waals surface area contributed by atoms with E-state index in [0.29, 0.717) is 23.7 Å². The molecule has 2 aromatic heterocycles. The second-order valence-electron chi connectivity index (χ2n) is 3.75. The maximum absolute atomic E-state index is 10.4. The summed E-state index contributed by atoms with van der Waals surface area (Å²) < 4.78 is 12.1. The highest BCUT2D eigenvalue weighted by molar-refractivity contribution is 5.35. The van der Waals surface area contributed by atoms with Crippen LogP contribution in [-0.4, -0.2) is 22.0 Å². The minimum Gasteiger partial charge on any atom is -0.493 e. The summed E-state index contributed by atoms with van der Waals surface area (Å²) in [5.74, 6) is 1.28. The van der Waals surface area contributed by atoms with Gasteiger partial charge in [-0.15, -0.1) is 0 Å². The summed E-state index contributed by atoms with van der Waals surface area (Å²) in [5, 5.41) is 14.5. The number of hydrogen-bond donors (Lipinski definition) is 1. The van der Waals surface area contributed by atoms with E-state index in [0.717, 1.165) is 5.56 Å². The van der Waals surface area contributed by atoms with Crippen molar-refractivity contribution in [3.8, 4) is 5.75 Å². The first-order valence-corrected chi connectivity index (χ1v) is 5.50. The summed E-state index contributed by atoms with van der Waals surface area (Å²) in [4.78, 5) is 0. The molecule has 0 spiro atoms. The summed E-state index contributed by atoms with van der Waals surface area (Å²) in [6.07, 6.45) is 2.39. The van der Waals surface area contributed by atoms with E-state index in [1.165, 1.54) is 0 Å². The number of nitrogens with zero attached hydrogens (tertiary/aromatic N) is 2. The van der Waals surface area contributed by atoms with Gasteiger partial charge in [-0.3, -0.25) is 4.68 Å². The smallest absolute Gasteiger partial charge is 0.163 e. The number of ether oxygens (including phenoxy) is 1. The van der Waals surface area contributed by atoms with Crippen LogP contribution in [0.15, 0.2) is 22.9 Å². The van der Waals surface area contributed by atoms with Gasteiger partial charge in [-0.05, 0) is 19.9 Å². The quantitative estimate of drug-likeness (QED) is 0.880. The third-order valence-corrected chi connectivity index (χ3v) is 2.82. The molecule has 2 rings (SSSR count). The van der Waals surface area contributed by atoms with Gasteiger partial charge in [0.2, 0.25) is 0 Å². The molecule has 0 saturated carbocycles. The lowest BCUT2D eigenvalue weighted by molar-refractivity contribution is 0.200. The predicted octanol–water partition coefficient (Wildman–Crippen LogP) is 1.89. The van der Waals surface area contributed by atoms with E-state index < -0.39 is 6.10 Å². The molecule has 0 aliphatic carbocycles. The van der Waals surface area contributed by atoms with Crippen LogP contribution in [0.3, 0.4) is 0 Å². The number of aryl methyl sites for hydroxylation is 2. The van der Waals surface area contributed by atoms with Gasteiger partial charge in [0.05, 0.1) is 19.6 Å². The van der Waals surface area contributed by atoms with Gasteiger partial charge in [0.1, 0.15) is 17.6 Å². The van der Waals surface area contributed by atoms with Crippen molar-refractivity contribution in [2.45, 2.75) is 26.5 Å². The van der Waals surface area contributed by atoms with Gasteiger partial charge in [-0.2, -0.15) is 5.10 Å². The van der Waals surface area contributed by atoms with Crippen LogP contribution >= 0.6 is 0 Å². The first kappa shape index (κ1) is 11.7. The van der Waals surface area contributed by atoms with Crippen molar-refractivity contribution in [2.24, 2.45) is 0 Å². The Balaban J connectivity index is 2.45. The zero-order valence-corrected chi connectivity index (χ0v) is 10.2. The fourth-order valence-corrected chi connectivity index (χ4v) is 1.89. The van der Waals surface area contributed by atoms with Crippen molar-refractivity contribution >= 4 is 0 Å². The van der Waals surface area contributed by atoms with Crippen molar-refractivity contribution in [1.29, 1.82) is 0 Å². The Hall–Kier alpha value is -1.75. The maximum atomic E-state index is 10.4. The molecule has 0 aliphatic rings. The van der Waals surface area contributed by atoms with Gasteiger partial charge in [-0.1, -0.05) is 0 Å². The Morgan fingerprint density at radius 1 is 1.59 bits per heavy atom. The fourth-order valence-electron chi connectivity index (χ4n) is 1.89. The second kappa shape index (κ2) is 4.63. The molecule has 0 fully saturated rings. The Kier molecular flexibility index (Phi) is 3.19. The zero-order valence-electron chi connectivity index (χ0n) is 10.2. The van der Waals surface area contributed by atoms with E-state index in [2.05, 4.69) is 5.10 Å². The Morgan fingerprint density at radius 3 is 2.88 bits per heavy atom. The Bertz CT molecular complexity index is 480. The number of aliphatic hydroxyl groups is 1. The number of furan rings is 1. The molecule has 5 heteroatoms. The standard InChI is InChI=1S/C12H16N2O3/c1-4-14-11(10(16-3)7-13-14)12(15)9-5-6-17-8(9)2/h5-7,12,15H,4H2,1-3H3. The fraction of sp³-hybridized carbons (Fsp3) is 0.417. The molecule has 1 unspecified atom stereocenters. The van der Waals surface area contributed by atoms with Crippen LogP contribution in [0.5, 0.6) is 5.75 Å². The van der Waals surface area contributed by atoms with Crippen LogP contribution in [0.1, 0.15) is 30.0 Å². The molecule has 92 valence electrons. The summed E-state index contributed by atoms with van der Waals surface area (Å²) in [6.45, 7) is 4.45. The highest BCUT2D eigenvalue weighted by Gasteiger charge is 2.23. The monoisotopic (exact) mass is 236 g/mol. The van der Waals surface area contributed by atoms with Crippen LogP contribution in [0.2, 0.25) is 0 Å². The second-order valence-corrected chi connectivity index (χ2v) is 3.75. The molecular weight excluding hydrogens is 220 g/mol. The molecule has 17 heavy (non-hydrogen) atoms. The molecule has 0 amide bonds. The van der Waals surface area contributed by atoms with E-state index in [1.807, 2.05) is 13.8 Å². The molecule has 0 aromatic carbocycles. The van der Waals surface area contributed by atoms with Gasteiger partial charge in [0.25, 0.3) is 0 Å². The first-order chi connectivity index (χ1) is 8.19. The van der Waals surface area contributed by atoms with Crippen LogP contribution in [0, 0.1) is 6.92 Å². The molecule has 5 nitrogen and oxygen atoms in total. The molecule has 0 aliphatic heterocycles. The average molecular weight is 236 g/mol. The minimum atomic E-state index is -0.786. The highest BCUT2D eigenvalue weighted by Crippen LogP contribution is 2.31. The molecule has 1 atom stereocenters. The lowest BCUT2D eigenvalue weighted by Gasteiger charge is -2.13. The molecule has 0 radical (unpaired) electrons.